The van der Waals surface area contributed by atoms with Gasteiger partial charge in [0.1, 0.15) is 22.1 Å². The number of nitrogens with one attached hydrogen (secondary N) is 1. The quantitative estimate of drug-likeness (QED) is 0.458. The largest absolute Gasteiger partial charge is 0.497 e. The monoisotopic (exact) mass is 411 g/mol. The van der Waals surface area contributed by atoms with E-state index in [1.807, 2.05) is 12.1 Å². The van der Waals surface area contributed by atoms with Gasteiger partial charge in [-0.15, -0.1) is 11.3 Å². The van der Waals surface area contributed by atoms with E-state index < -0.39 is 11.9 Å². The lowest BCUT2D eigenvalue weighted by Gasteiger charge is -2.06. The molecule has 0 saturated heterocycles. The first-order valence-corrected chi connectivity index (χ1v) is 9.48. The van der Waals surface area contributed by atoms with Crippen molar-refractivity contribution in [2.75, 3.05) is 19.5 Å². The maximum absolute atomic E-state index is 13.2. The van der Waals surface area contributed by atoms with Gasteiger partial charge in [-0.2, -0.15) is 0 Å². The van der Waals surface area contributed by atoms with Crippen molar-refractivity contribution < 1.29 is 23.5 Å². The average Bonchev–Trinajstić information content (AvgIpc) is 3.16. The summed E-state index contributed by atoms with van der Waals surface area (Å²) in [4.78, 5) is 24.7. The molecular formula is C22H18FNO4S. The van der Waals surface area contributed by atoms with Crippen molar-refractivity contribution in [1.29, 1.82) is 0 Å². The first-order valence-electron chi connectivity index (χ1n) is 8.60. The Bertz CT molecular complexity index is 1040. The summed E-state index contributed by atoms with van der Waals surface area (Å²) in [5.74, 6) is -0.625. The van der Waals surface area contributed by atoms with E-state index in [4.69, 9.17) is 9.47 Å². The summed E-state index contributed by atoms with van der Waals surface area (Å²) in [6.07, 6.45) is 3.03. The Balaban J connectivity index is 1.82. The van der Waals surface area contributed by atoms with Gasteiger partial charge in [-0.1, -0.05) is 24.3 Å². The predicted molar refractivity (Wildman–Crippen MR) is 112 cm³/mol. The maximum Gasteiger partial charge on any atom is 0.341 e. The van der Waals surface area contributed by atoms with Gasteiger partial charge in [-0.3, -0.25) is 4.79 Å². The number of amides is 1. The Kier molecular flexibility index (Phi) is 6.41. The van der Waals surface area contributed by atoms with E-state index in [0.717, 1.165) is 11.3 Å². The van der Waals surface area contributed by atoms with Crippen molar-refractivity contribution in [3.63, 3.8) is 0 Å². The van der Waals surface area contributed by atoms with Gasteiger partial charge in [0.25, 0.3) is 0 Å². The molecule has 3 aromatic rings. The van der Waals surface area contributed by atoms with Crippen LogP contribution in [0.3, 0.4) is 0 Å². The first kappa shape index (κ1) is 20.3. The minimum atomic E-state index is -0.583. The second kappa shape index (κ2) is 9.16. The molecule has 29 heavy (non-hydrogen) atoms. The highest BCUT2D eigenvalue weighted by molar-refractivity contribution is 7.15. The molecule has 5 nitrogen and oxygen atoms in total. The molecule has 0 bridgehead atoms. The van der Waals surface area contributed by atoms with Crippen LogP contribution in [0.4, 0.5) is 9.39 Å². The van der Waals surface area contributed by atoms with Crippen LogP contribution in [0.2, 0.25) is 0 Å². The molecule has 0 aliphatic heterocycles. The highest BCUT2D eigenvalue weighted by Gasteiger charge is 2.21. The Morgan fingerprint density at radius 2 is 1.72 bits per heavy atom. The minimum Gasteiger partial charge on any atom is -0.497 e. The number of carbonyl (C=O) groups excluding carboxylic acids is 2. The summed E-state index contributed by atoms with van der Waals surface area (Å²) in [7, 11) is 2.85. The number of benzene rings is 2. The number of halogens is 1. The first-order chi connectivity index (χ1) is 14.0. The molecule has 0 fully saturated rings. The zero-order valence-corrected chi connectivity index (χ0v) is 16.6. The fraction of sp³-hybridized carbons (Fsp3) is 0.0909. The van der Waals surface area contributed by atoms with E-state index in [2.05, 4.69) is 5.32 Å². The molecule has 2 aromatic carbocycles. The molecule has 3 rings (SSSR count). The summed E-state index contributed by atoms with van der Waals surface area (Å²) in [6.45, 7) is 0. The van der Waals surface area contributed by atoms with Gasteiger partial charge < -0.3 is 14.8 Å². The van der Waals surface area contributed by atoms with Crippen molar-refractivity contribution in [3.8, 4) is 16.9 Å². The number of methoxy groups -OCH3 is 2. The fourth-order valence-corrected chi connectivity index (χ4v) is 3.60. The van der Waals surface area contributed by atoms with Crippen molar-refractivity contribution >= 4 is 34.3 Å². The van der Waals surface area contributed by atoms with Gasteiger partial charge in [-0.25, -0.2) is 9.18 Å². The van der Waals surface area contributed by atoms with E-state index >= 15 is 0 Å². The number of ether oxygens (including phenoxy) is 2. The Hall–Kier alpha value is -3.45. The van der Waals surface area contributed by atoms with Gasteiger partial charge in [0.15, 0.2) is 0 Å². The highest BCUT2D eigenvalue weighted by atomic mass is 32.1. The van der Waals surface area contributed by atoms with Crippen LogP contribution >= 0.6 is 11.3 Å². The van der Waals surface area contributed by atoms with Crippen LogP contribution in [-0.2, 0) is 9.53 Å². The van der Waals surface area contributed by atoms with Crippen LogP contribution in [0.1, 0.15) is 15.9 Å². The number of thiophene rings is 1. The number of hydrogen-bond donors (Lipinski definition) is 1. The molecule has 148 valence electrons. The van der Waals surface area contributed by atoms with Crippen LogP contribution in [0, 0.1) is 5.82 Å². The predicted octanol–water partition coefficient (Wildman–Crippen LogP) is 5.00. The van der Waals surface area contributed by atoms with Crippen molar-refractivity contribution in [2.45, 2.75) is 0 Å². The van der Waals surface area contributed by atoms with Gasteiger partial charge in [-0.05, 0) is 41.5 Å². The lowest BCUT2D eigenvalue weighted by atomic mass is 10.0. The molecule has 1 N–H and O–H groups in total. The third-order valence-corrected chi connectivity index (χ3v) is 5.01. The minimum absolute atomic E-state index is 0.232. The summed E-state index contributed by atoms with van der Waals surface area (Å²) in [6, 6.07) is 13.0. The van der Waals surface area contributed by atoms with Crippen molar-refractivity contribution in [1.82, 2.24) is 0 Å². The topological polar surface area (TPSA) is 64.6 Å². The number of esters is 1. The molecule has 1 heterocycles. The van der Waals surface area contributed by atoms with Crippen LogP contribution in [0.15, 0.2) is 60.0 Å². The average molecular weight is 411 g/mol. The summed E-state index contributed by atoms with van der Waals surface area (Å²) in [5, 5.41) is 4.80. The summed E-state index contributed by atoms with van der Waals surface area (Å²) >= 11 is 1.20. The number of carbonyl (C=O) groups is 2. The van der Waals surface area contributed by atoms with Crippen LogP contribution in [-0.4, -0.2) is 26.1 Å². The summed E-state index contributed by atoms with van der Waals surface area (Å²) < 4.78 is 23.2. The SMILES string of the molecule is COC(=O)c1c(-c2ccc(F)cc2)csc1NC(=O)/C=C/c1ccc(OC)cc1. The molecule has 1 amide bonds. The third-order valence-electron chi connectivity index (χ3n) is 4.12. The van der Waals surface area contributed by atoms with Crippen LogP contribution < -0.4 is 10.1 Å². The van der Waals surface area contributed by atoms with E-state index in [1.54, 1.807) is 42.8 Å². The zero-order valence-electron chi connectivity index (χ0n) is 15.8. The van der Waals surface area contributed by atoms with Gasteiger partial charge in [0.2, 0.25) is 5.91 Å². The van der Waals surface area contributed by atoms with Crippen LogP contribution in [0.5, 0.6) is 5.75 Å². The maximum atomic E-state index is 13.2. The highest BCUT2D eigenvalue weighted by Crippen LogP contribution is 2.36. The van der Waals surface area contributed by atoms with Gasteiger partial charge >= 0.3 is 5.97 Å². The lowest BCUT2D eigenvalue weighted by Crippen LogP contribution is -2.11. The molecule has 0 aliphatic carbocycles. The standard InChI is InChI=1S/C22H18FNO4S/c1-27-17-10-3-14(4-11-17)5-12-19(25)24-21-20(22(26)28-2)18(13-29-21)15-6-8-16(23)9-7-15/h3-13H,1-2H3,(H,24,25)/b12-5+. The molecule has 7 heteroatoms. The molecule has 0 saturated carbocycles. The molecular weight excluding hydrogens is 393 g/mol. The van der Waals surface area contributed by atoms with Crippen molar-refractivity contribution in [2.24, 2.45) is 0 Å². The fourth-order valence-electron chi connectivity index (χ4n) is 2.64. The third kappa shape index (κ3) is 4.89. The second-order valence-corrected chi connectivity index (χ2v) is 6.83. The Morgan fingerprint density at radius 1 is 1.03 bits per heavy atom. The van der Waals surface area contributed by atoms with Crippen molar-refractivity contribution in [3.05, 3.63) is 76.9 Å². The van der Waals surface area contributed by atoms with Gasteiger partial charge in [0, 0.05) is 17.0 Å². The number of rotatable bonds is 6. The van der Waals surface area contributed by atoms with Gasteiger partial charge in [0.05, 0.1) is 14.2 Å². The molecule has 0 aliphatic rings. The molecule has 0 radical (unpaired) electrons. The zero-order chi connectivity index (χ0) is 20.8. The van der Waals surface area contributed by atoms with Crippen LogP contribution in [0.25, 0.3) is 17.2 Å². The van der Waals surface area contributed by atoms with E-state index in [0.29, 0.717) is 16.1 Å². The molecule has 0 atom stereocenters. The normalized spacial score (nSPS) is 10.7. The Labute approximate surface area is 171 Å². The van der Waals surface area contributed by atoms with E-state index in [9.17, 15) is 14.0 Å². The second-order valence-electron chi connectivity index (χ2n) is 5.95. The molecule has 0 unspecified atom stereocenters. The lowest BCUT2D eigenvalue weighted by molar-refractivity contribution is -0.111. The molecule has 1 aromatic heterocycles. The number of anilines is 1. The number of hydrogen-bond acceptors (Lipinski definition) is 5. The summed E-state index contributed by atoms with van der Waals surface area (Å²) in [5.41, 5.74) is 2.27. The van der Waals surface area contributed by atoms with E-state index in [1.165, 1.54) is 36.7 Å². The van der Waals surface area contributed by atoms with E-state index in [-0.39, 0.29) is 11.4 Å². The Morgan fingerprint density at radius 3 is 2.34 bits per heavy atom. The smallest absolute Gasteiger partial charge is 0.341 e. The molecule has 0 spiro atoms.